The zero-order valence-corrected chi connectivity index (χ0v) is 7.27. The number of imidazole rings is 1. The largest absolute Gasteiger partial charge is 0.284 e. The topological polar surface area (TPSA) is 43.1 Å². The van der Waals surface area contributed by atoms with Crippen molar-refractivity contribution in [1.29, 1.82) is 0 Å². The van der Waals surface area contributed by atoms with Crippen LogP contribution in [0.25, 0.3) is 5.65 Å². The predicted octanol–water partition coefficient (Wildman–Crippen LogP) is 1.00. The summed E-state index contributed by atoms with van der Waals surface area (Å²) in [6.07, 6.45) is 8.25. The van der Waals surface area contributed by atoms with E-state index >= 15 is 0 Å². The maximum Gasteiger partial charge on any atom is 0.179 e. The first kappa shape index (κ1) is 7.00. The average molecular weight is 174 g/mol. The van der Waals surface area contributed by atoms with E-state index in [0.29, 0.717) is 0 Å². The molecule has 0 aliphatic heterocycles. The Kier molecular flexibility index (Phi) is 1.36. The highest BCUT2D eigenvalue weighted by atomic mass is 15.2. The molecule has 0 aromatic carbocycles. The molecule has 4 heteroatoms. The second-order valence-corrected chi connectivity index (χ2v) is 3.42. The van der Waals surface area contributed by atoms with Gasteiger partial charge in [-0.15, -0.1) is 5.10 Å². The van der Waals surface area contributed by atoms with Gasteiger partial charge >= 0.3 is 0 Å². The monoisotopic (exact) mass is 174 g/mol. The molecule has 66 valence electrons. The maximum absolute atomic E-state index is 4.21. The first-order chi connectivity index (χ1) is 6.45. The lowest BCUT2D eigenvalue weighted by Crippen LogP contribution is -2.11. The molecule has 0 fully saturated rings. The molecule has 4 nitrogen and oxygen atoms in total. The van der Waals surface area contributed by atoms with Gasteiger partial charge in [-0.3, -0.25) is 4.40 Å². The number of aromatic nitrogens is 4. The number of hydrogen-bond acceptors (Lipinski definition) is 3. The summed E-state index contributed by atoms with van der Waals surface area (Å²) in [6.45, 7) is 0. The van der Waals surface area contributed by atoms with Gasteiger partial charge in [0, 0.05) is 5.69 Å². The molecule has 0 spiro atoms. The van der Waals surface area contributed by atoms with Crippen LogP contribution in [0.3, 0.4) is 0 Å². The molecule has 0 unspecified atom stereocenters. The summed E-state index contributed by atoms with van der Waals surface area (Å²) in [6, 6.07) is 0. The molecule has 3 rings (SSSR count). The van der Waals surface area contributed by atoms with Gasteiger partial charge < -0.3 is 0 Å². The van der Waals surface area contributed by atoms with E-state index in [1.165, 1.54) is 18.5 Å². The number of hydrogen-bond donors (Lipinski definition) is 0. The molecule has 2 aromatic rings. The Morgan fingerprint density at radius 1 is 1.15 bits per heavy atom. The average Bonchev–Trinajstić information content (AvgIpc) is 2.65. The molecule has 13 heavy (non-hydrogen) atoms. The summed E-state index contributed by atoms with van der Waals surface area (Å²) in [5.41, 5.74) is 3.31. The highest BCUT2D eigenvalue weighted by molar-refractivity contribution is 5.36. The fraction of sp³-hybridized carbons (Fsp3) is 0.444. The minimum atomic E-state index is 0.862. The van der Waals surface area contributed by atoms with Gasteiger partial charge in [-0.2, -0.15) is 5.10 Å². The third kappa shape index (κ3) is 0.946. The van der Waals surface area contributed by atoms with Crippen molar-refractivity contribution < 1.29 is 0 Å². The van der Waals surface area contributed by atoms with E-state index in [9.17, 15) is 0 Å². The maximum atomic E-state index is 4.21. The van der Waals surface area contributed by atoms with Crippen molar-refractivity contribution in [2.45, 2.75) is 25.7 Å². The van der Waals surface area contributed by atoms with E-state index in [-0.39, 0.29) is 0 Å². The standard InChI is InChI=1S/C9H10N4/c1-2-4-8-7(3-1)11-12-9-5-10-6-13(8)9/h5-6H,1-4H2. The Hall–Kier alpha value is -1.45. The minimum absolute atomic E-state index is 0.862. The number of nitrogens with zero attached hydrogens (tertiary/aromatic N) is 4. The van der Waals surface area contributed by atoms with Gasteiger partial charge in [-0.05, 0) is 25.7 Å². The summed E-state index contributed by atoms with van der Waals surface area (Å²) in [5.74, 6) is 0. The molecular formula is C9H10N4. The van der Waals surface area contributed by atoms with E-state index in [0.717, 1.165) is 24.2 Å². The predicted molar refractivity (Wildman–Crippen MR) is 47.4 cm³/mol. The van der Waals surface area contributed by atoms with Crippen LogP contribution in [-0.4, -0.2) is 19.6 Å². The van der Waals surface area contributed by atoms with Gasteiger partial charge in [0.15, 0.2) is 5.65 Å². The molecule has 2 aromatic heterocycles. The van der Waals surface area contributed by atoms with E-state index < -0.39 is 0 Å². The molecule has 1 aliphatic rings. The number of rotatable bonds is 0. The molecule has 0 atom stereocenters. The fourth-order valence-corrected chi connectivity index (χ4v) is 1.92. The van der Waals surface area contributed by atoms with Gasteiger partial charge in [0.05, 0.1) is 11.9 Å². The zero-order valence-electron chi connectivity index (χ0n) is 7.27. The van der Waals surface area contributed by atoms with Gasteiger partial charge in [-0.1, -0.05) is 0 Å². The lowest BCUT2D eigenvalue weighted by atomic mass is 10.0. The molecule has 0 amide bonds. The Labute approximate surface area is 75.6 Å². The molecule has 0 N–H and O–H groups in total. The van der Waals surface area contributed by atoms with Crippen LogP contribution in [0.1, 0.15) is 24.2 Å². The zero-order chi connectivity index (χ0) is 8.67. The normalized spacial score (nSPS) is 16.0. The van der Waals surface area contributed by atoms with Crippen LogP contribution in [0.4, 0.5) is 0 Å². The lowest BCUT2D eigenvalue weighted by Gasteiger charge is -2.14. The van der Waals surface area contributed by atoms with Crippen LogP contribution in [0, 0.1) is 0 Å². The third-order valence-electron chi connectivity index (χ3n) is 2.59. The van der Waals surface area contributed by atoms with Crippen LogP contribution in [0.5, 0.6) is 0 Å². The molecule has 0 saturated heterocycles. The summed E-state index contributed by atoms with van der Waals surface area (Å²) >= 11 is 0. The van der Waals surface area contributed by atoms with E-state index in [2.05, 4.69) is 19.6 Å². The van der Waals surface area contributed by atoms with Crippen molar-refractivity contribution in [2.75, 3.05) is 0 Å². The van der Waals surface area contributed by atoms with Gasteiger partial charge in [0.2, 0.25) is 0 Å². The van der Waals surface area contributed by atoms with Gasteiger partial charge in [0.1, 0.15) is 6.33 Å². The van der Waals surface area contributed by atoms with Crippen LogP contribution in [0.2, 0.25) is 0 Å². The third-order valence-corrected chi connectivity index (χ3v) is 2.59. The van der Waals surface area contributed by atoms with Crippen molar-refractivity contribution >= 4 is 5.65 Å². The molecule has 0 saturated carbocycles. The van der Waals surface area contributed by atoms with E-state index in [4.69, 9.17) is 0 Å². The second kappa shape index (κ2) is 2.52. The van der Waals surface area contributed by atoms with Crippen molar-refractivity contribution in [1.82, 2.24) is 19.6 Å². The Morgan fingerprint density at radius 2 is 2.08 bits per heavy atom. The Morgan fingerprint density at radius 3 is 3.08 bits per heavy atom. The summed E-state index contributed by atoms with van der Waals surface area (Å²) in [5, 5.41) is 8.31. The Bertz CT molecular complexity index is 446. The first-order valence-electron chi connectivity index (χ1n) is 4.61. The second-order valence-electron chi connectivity index (χ2n) is 3.42. The highest BCUT2D eigenvalue weighted by Gasteiger charge is 2.14. The number of aryl methyl sites for hydroxylation is 2. The van der Waals surface area contributed by atoms with Crippen LogP contribution in [0.15, 0.2) is 12.5 Å². The summed E-state index contributed by atoms with van der Waals surface area (Å²) in [4.78, 5) is 4.07. The molecule has 1 aliphatic carbocycles. The van der Waals surface area contributed by atoms with Crippen LogP contribution >= 0.6 is 0 Å². The van der Waals surface area contributed by atoms with Gasteiger partial charge in [-0.25, -0.2) is 4.98 Å². The molecule has 2 heterocycles. The van der Waals surface area contributed by atoms with E-state index in [1.807, 2.05) is 6.33 Å². The van der Waals surface area contributed by atoms with Crippen LogP contribution < -0.4 is 0 Å². The van der Waals surface area contributed by atoms with Gasteiger partial charge in [0.25, 0.3) is 0 Å². The first-order valence-corrected chi connectivity index (χ1v) is 4.61. The fourth-order valence-electron chi connectivity index (χ4n) is 1.92. The Balaban J connectivity index is 2.34. The van der Waals surface area contributed by atoms with Crippen LogP contribution in [-0.2, 0) is 12.8 Å². The van der Waals surface area contributed by atoms with E-state index in [1.54, 1.807) is 6.20 Å². The van der Waals surface area contributed by atoms with Crippen molar-refractivity contribution in [3.05, 3.63) is 23.9 Å². The molecular weight excluding hydrogens is 164 g/mol. The molecule has 0 radical (unpaired) electrons. The molecule has 0 bridgehead atoms. The SMILES string of the molecule is c1ncn2c3c(nnc12)CCCC3. The van der Waals surface area contributed by atoms with Crippen molar-refractivity contribution in [3.8, 4) is 0 Å². The summed E-state index contributed by atoms with van der Waals surface area (Å²) < 4.78 is 2.06. The highest BCUT2D eigenvalue weighted by Crippen LogP contribution is 2.18. The smallest absolute Gasteiger partial charge is 0.179 e. The quantitative estimate of drug-likeness (QED) is 0.598. The summed E-state index contributed by atoms with van der Waals surface area (Å²) in [7, 11) is 0. The van der Waals surface area contributed by atoms with Crippen molar-refractivity contribution in [2.24, 2.45) is 0 Å². The lowest BCUT2D eigenvalue weighted by molar-refractivity contribution is 0.627. The number of fused-ring (bicyclic) bond motifs is 3. The minimum Gasteiger partial charge on any atom is -0.284 e. The van der Waals surface area contributed by atoms with Crippen molar-refractivity contribution in [3.63, 3.8) is 0 Å².